The van der Waals surface area contributed by atoms with Crippen LogP contribution in [0.2, 0.25) is 0 Å². The van der Waals surface area contributed by atoms with Gasteiger partial charge in [-0.15, -0.1) is 0 Å². The molecule has 0 aromatic heterocycles. The molecule has 1 fully saturated rings. The van der Waals surface area contributed by atoms with Crippen molar-refractivity contribution in [3.8, 4) is 0 Å². The maximum Gasteiger partial charge on any atom is 0.410 e. The minimum Gasteiger partial charge on any atom is -0.444 e. The second-order valence-electron chi connectivity index (χ2n) is 8.33. The van der Waals surface area contributed by atoms with Crippen molar-refractivity contribution in [2.75, 3.05) is 39.4 Å². The van der Waals surface area contributed by atoms with Crippen LogP contribution in [0.1, 0.15) is 41.5 Å². The van der Waals surface area contributed by atoms with E-state index >= 15 is 0 Å². The summed E-state index contributed by atoms with van der Waals surface area (Å²) in [6, 6.07) is -0.212. The number of rotatable bonds is 5. The zero-order chi connectivity index (χ0) is 18.5. The predicted molar refractivity (Wildman–Crippen MR) is 92.0 cm³/mol. The Bertz CT molecular complexity index is 403. The van der Waals surface area contributed by atoms with E-state index in [1.54, 1.807) is 4.90 Å². The van der Waals surface area contributed by atoms with Gasteiger partial charge in [0.15, 0.2) is 0 Å². The molecule has 2 unspecified atom stereocenters. The van der Waals surface area contributed by atoms with Crippen molar-refractivity contribution in [3.63, 3.8) is 0 Å². The maximum absolute atomic E-state index is 12.2. The highest BCUT2D eigenvalue weighted by atomic mass is 16.6. The van der Waals surface area contributed by atoms with Gasteiger partial charge in [0.25, 0.3) is 0 Å². The molecule has 1 rings (SSSR count). The number of β-amino-alcohol motifs (C(OH)–C–C–N with tert-alkyl or cyclic N) is 1. The maximum atomic E-state index is 12.2. The molecule has 0 aromatic rings. The van der Waals surface area contributed by atoms with Gasteiger partial charge in [-0.25, -0.2) is 4.79 Å². The van der Waals surface area contributed by atoms with E-state index in [9.17, 15) is 15.0 Å². The van der Waals surface area contributed by atoms with Crippen LogP contribution >= 0.6 is 0 Å². The standard InChI is InChI=1S/C17H34N2O5/c1-16(2,3)23-12-14(21)10-18-7-8-19(9-13(18)11-20)15(22)24-17(4,5)6/h13-14,20-21H,7-12H2,1-6H3. The van der Waals surface area contributed by atoms with Gasteiger partial charge in [0.1, 0.15) is 5.60 Å². The highest BCUT2D eigenvalue weighted by Gasteiger charge is 2.32. The van der Waals surface area contributed by atoms with E-state index in [1.165, 1.54) is 0 Å². The van der Waals surface area contributed by atoms with Crippen molar-refractivity contribution in [2.45, 2.75) is 64.9 Å². The molecule has 1 amide bonds. The number of carbonyl (C=O) groups excluding carboxylic acids is 1. The van der Waals surface area contributed by atoms with Crippen LogP contribution in [0.25, 0.3) is 0 Å². The summed E-state index contributed by atoms with van der Waals surface area (Å²) in [5.74, 6) is 0. The van der Waals surface area contributed by atoms with Crippen LogP contribution in [0.4, 0.5) is 4.79 Å². The molecule has 2 N–H and O–H groups in total. The van der Waals surface area contributed by atoms with Gasteiger partial charge in [0.2, 0.25) is 0 Å². The summed E-state index contributed by atoms with van der Waals surface area (Å²) < 4.78 is 11.0. The predicted octanol–water partition coefficient (Wildman–Crippen LogP) is 1.08. The summed E-state index contributed by atoms with van der Waals surface area (Å²) in [6.07, 6.45) is -0.997. The monoisotopic (exact) mass is 346 g/mol. The largest absolute Gasteiger partial charge is 0.444 e. The molecular formula is C17H34N2O5. The summed E-state index contributed by atoms with van der Waals surface area (Å²) in [5, 5.41) is 19.8. The lowest BCUT2D eigenvalue weighted by Crippen LogP contribution is -2.58. The molecule has 0 radical (unpaired) electrons. The first-order valence-electron chi connectivity index (χ1n) is 8.56. The number of hydrogen-bond donors (Lipinski definition) is 2. The molecule has 7 heteroatoms. The highest BCUT2D eigenvalue weighted by Crippen LogP contribution is 2.16. The molecule has 24 heavy (non-hydrogen) atoms. The molecule has 142 valence electrons. The molecule has 0 saturated carbocycles. The summed E-state index contributed by atoms with van der Waals surface area (Å²) in [7, 11) is 0. The van der Waals surface area contributed by atoms with Gasteiger partial charge in [0, 0.05) is 26.2 Å². The number of hydrogen-bond acceptors (Lipinski definition) is 6. The number of aliphatic hydroxyl groups is 2. The second kappa shape index (κ2) is 8.47. The molecule has 1 heterocycles. The Morgan fingerprint density at radius 3 is 2.29 bits per heavy atom. The Morgan fingerprint density at radius 2 is 1.79 bits per heavy atom. The minimum atomic E-state index is -0.633. The average Bonchev–Trinajstić information content (AvgIpc) is 2.43. The molecule has 1 saturated heterocycles. The van der Waals surface area contributed by atoms with Crippen LogP contribution in [-0.4, -0.2) is 88.8 Å². The number of piperazine rings is 1. The highest BCUT2D eigenvalue weighted by molar-refractivity contribution is 5.68. The van der Waals surface area contributed by atoms with Gasteiger partial charge >= 0.3 is 6.09 Å². The number of amides is 1. The third-order valence-electron chi connectivity index (χ3n) is 3.62. The molecule has 2 atom stereocenters. The Labute approximate surface area is 145 Å². The fourth-order valence-corrected chi connectivity index (χ4v) is 2.47. The molecule has 0 aromatic carbocycles. The fraction of sp³-hybridized carbons (Fsp3) is 0.941. The quantitative estimate of drug-likeness (QED) is 0.775. The lowest BCUT2D eigenvalue weighted by atomic mass is 10.1. The minimum absolute atomic E-state index is 0.0772. The molecule has 0 aliphatic carbocycles. The van der Waals surface area contributed by atoms with Gasteiger partial charge in [-0.2, -0.15) is 0 Å². The number of aliphatic hydroxyl groups excluding tert-OH is 2. The van der Waals surface area contributed by atoms with Crippen LogP contribution in [0.3, 0.4) is 0 Å². The molecule has 1 aliphatic heterocycles. The molecular weight excluding hydrogens is 312 g/mol. The van der Waals surface area contributed by atoms with Crippen molar-refractivity contribution in [1.82, 2.24) is 9.80 Å². The summed E-state index contributed by atoms with van der Waals surface area (Å²) in [6.45, 7) is 13.4. The first kappa shape index (κ1) is 21.2. The zero-order valence-corrected chi connectivity index (χ0v) is 15.9. The van der Waals surface area contributed by atoms with Crippen LogP contribution in [0.5, 0.6) is 0 Å². The summed E-state index contributed by atoms with van der Waals surface area (Å²) in [4.78, 5) is 15.8. The van der Waals surface area contributed by atoms with Crippen molar-refractivity contribution in [1.29, 1.82) is 0 Å². The van der Waals surface area contributed by atoms with Crippen LogP contribution in [0, 0.1) is 0 Å². The van der Waals surface area contributed by atoms with Crippen LogP contribution in [0.15, 0.2) is 0 Å². The van der Waals surface area contributed by atoms with E-state index in [2.05, 4.69) is 0 Å². The molecule has 0 spiro atoms. The Morgan fingerprint density at radius 1 is 1.17 bits per heavy atom. The smallest absolute Gasteiger partial charge is 0.410 e. The average molecular weight is 346 g/mol. The number of carbonyl (C=O) groups is 1. The normalized spacial score (nSPS) is 21.7. The number of ether oxygens (including phenoxy) is 2. The van der Waals surface area contributed by atoms with Crippen molar-refractivity contribution in [3.05, 3.63) is 0 Å². The second-order valence-corrected chi connectivity index (χ2v) is 8.33. The van der Waals surface area contributed by atoms with E-state index in [-0.39, 0.29) is 30.9 Å². The SMILES string of the molecule is CC(C)(C)OCC(O)CN1CCN(C(=O)OC(C)(C)C)CC1CO. The molecule has 1 aliphatic rings. The van der Waals surface area contributed by atoms with Gasteiger partial charge in [0.05, 0.1) is 31.0 Å². The van der Waals surface area contributed by atoms with Crippen molar-refractivity contribution in [2.24, 2.45) is 0 Å². The zero-order valence-electron chi connectivity index (χ0n) is 15.9. The topological polar surface area (TPSA) is 82.5 Å². The van der Waals surface area contributed by atoms with E-state index in [4.69, 9.17) is 9.47 Å². The lowest BCUT2D eigenvalue weighted by molar-refractivity contribution is -0.0674. The van der Waals surface area contributed by atoms with Crippen LogP contribution in [-0.2, 0) is 9.47 Å². The third-order valence-corrected chi connectivity index (χ3v) is 3.62. The number of nitrogens with zero attached hydrogens (tertiary/aromatic N) is 2. The fourth-order valence-electron chi connectivity index (χ4n) is 2.47. The molecule has 7 nitrogen and oxygen atoms in total. The molecule has 0 bridgehead atoms. The van der Waals surface area contributed by atoms with E-state index in [0.29, 0.717) is 26.2 Å². The van der Waals surface area contributed by atoms with Gasteiger partial charge in [-0.1, -0.05) is 0 Å². The Hall–Kier alpha value is -0.890. The summed E-state index contributed by atoms with van der Waals surface area (Å²) >= 11 is 0. The Balaban J connectivity index is 2.52. The van der Waals surface area contributed by atoms with E-state index in [1.807, 2.05) is 46.4 Å². The summed E-state index contributed by atoms with van der Waals surface area (Å²) in [5.41, 5.74) is -0.837. The van der Waals surface area contributed by atoms with Crippen LogP contribution < -0.4 is 0 Å². The third kappa shape index (κ3) is 7.79. The first-order valence-corrected chi connectivity index (χ1v) is 8.56. The van der Waals surface area contributed by atoms with E-state index in [0.717, 1.165) is 0 Å². The Kier molecular flexibility index (Phi) is 7.46. The van der Waals surface area contributed by atoms with Gasteiger partial charge in [-0.05, 0) is 41.5 Å². The first-order chi connectivity index (χ1) is 10.9. The van der Waals surface area contributed by atoms with Gasteiger partial charge < -0.3 is 24.6 Å². The lowest BCUT2D eigenvalue weighted by Gasteiger charge is -2.41. The van der Waals surface area contributed by atoms with Gasteiger partial charge in [-0.3, -0.25) is 4.90 Å². The van der Waals surface area contributed by atoms with E-state index < -0.39 is 11.7 Å². The van der Waals surface area contributed by atoms with Crippen molar-refractivity contribution < 1.29 is 24.5 Å². The van der Waals surface area contributed by atoms with Crippen molar-refractivity contribution >= 4 is 6.09 Å².